The summed E-state index contributed by atoms with van der Waals surface area (Å²) in [6.07, 6.45) is 4.84. The van der Waals surface area contributed by atoms with Gasteiger partial charge in [-0.1, -0.05) is 26.0 Å². The topological polar surface area (TPSA) is 76.2 Å². The zero-order valence-electron chi connectivity index (χ0n) is 15.7. The van der Waals surface area contributed by atoms with E-state index in [1.165, 1.54) is 6.33 Å². The summed E-state index contributed by atoms with van der Waals surface area (Å²) < 4.78 is 7.32. The van der Waals surface area contributed by atoms with E-state index in [0.717, 1.165) is 24.4 Å². The maximum absolute atomic E-state index is 12.6. The van der Waals surface area contributed by atoms with E-state index in [4.69, 9.17) is 4.42 Å². The third-order valence-corrected chi connectivity index (χ3v) is 4.61. The number of likely N-dealkylation sites (N-methyl/N-ethyl adjacent to an activating group) is 1. The van der Waals surface area contributed by atoms with Crippen LogP contribution in [-0.2, 0) is 6.54 Å². The SMILES string of the molecule is CCN(CC)[C@H](CNC(=O)c1ccc(Cn2cncn2)cc1)c1ccco1. The predicted molar refractivity (Wildman–Crippen MR) is 102 cm³/mol. The molecule has 7 nitrogen and oxygen atoms in total. The van der Waals surface area contributed by atoms with E-state index in [1.54, 1.807) is 17.3 Å². The molecule has 1 aromatic carbocycles. The maximum atomic E-state index is 12.6. The predicted octanol–water partition coefficient (Wildman–Crippen LogP) is 2.73. The largest absolute Gasteiger partial charge is 0.468 e. The fourth-order valence-corrected chi connectivity index (χ4v) is 3.11. The molecule has 3 aromatic rings. The third-order valence-electron chi connectivity index (χ3n) is 4.61. The van der Waals surface area contributed by atoms with Crippen molar-refractivity contribution in [2.45, 2.75) is 26.4 Å². The van der Waals surface area contributed by atoms with Crippen LogP contribution >= 0.6 is 0 Å². The normalized spacial score (nSPS) is 12.3. The number of nitrogens with zero attached hydrogens (tertiary/aromatic N) is 4. The van der Waals surface area contributed by atoms with Crippen LogP contribution in [0.15, 0.2) is 59.7 Å². The average molecular weight is 367 g/mol. The van der Waals surface area contributed by atoms with Crippen molar-refractivity contribution in [2.24, 2.45) is 0 Å². The van der Waals surface area contributed by atoms with Crippen LogP contribution in [0.3, 0.4) is 0 Å². The molecule has 7 heteroatoms. The lowest BCUT2D eigenvalue weighted by Crippen LogP contribution is -2.37. The second-order valence-corrected chi connectivity index (χ2v) is 6.25. The van der Waals surface area contributed by atoms with Crippen molar-refractivity contribution in [2.75, 3.05) is 19.6 Å². The molecule has 1 amide bonds. The van der Waals surface area contributed by atoms with E-state index in [1.807, 2.05) is 36.4 Å². The summed E-state index contributed by atoms with van der Waals surface area (Å²) >= 11 is 0. The molecule has 2 aromatic heterocycles. The van der Waals surface area contributed by atoms with Crippen LogP contribution in [0.1, 0.15) is 41.6 Å². The third kappa shape index (κ3) is 4.83. The highest BCUT2D eigenvalue weighted by Crippen LogP contribution is 2.20. The van der Waals surface area contributed by atoms with Gasteiger partial charge >= 0.3 is 0 Å². The van der Waals surface area contributed by atoms with E-state index < -0.39 is 0 Å². The van der Waals surface area contributed by atoms with E-state index in [2.05, 4.69) is 34.1 Å². The molecule has 0 saturated heterocycles. The first kappa shape index (κ1) is 18.8. The molecule has 0 aliphatic rings. The Morgan fingerprint density at radius 1 is 1.22 bits per heavy atom. The number of amides is 1. The molecule has 0 unspecified atom stereocenters. The molecule has 0 aliphatic carbocycles. The minimum absolute atomic E-state index is 0.0190. The lowest BCUT2D eigenvalue weighted by molar-refractivity contribution is 0.0929. The number of rotatable bonds is 9. The van der Waals surface area contributed by atoms with Gasteiger partial charge in [0, 0.05) is 12.1 Å². The monoisotopic (exact) mass is 367 g/mol. The molecule has 27 heavy (non-hydrogen) atoms. The maximum Gasteiger partial charge on any atom is 0.251 e. The standard InChI is InChI=1S/C20H25N5O2/c1-3-24(4-2)18(19-6-5-11-27-19)12-22-20(26)17-9-7-16(8-10-17)13-25-15-21-14-23-25/h5-11,14-15,18H,3-4,12-13H2,1-2H3,(H,22,26)/t18-/m1/s1. The fraction of sp³-hybridized carbons (Fsp3) is 0.350. The number of furan rings is 1. The molecular formula is C20H25N5O2. The van der Waals surface area contributed by atoms with Gasteiger partial charge in [0.05, 0.1) is 18.8 Å². The van der Waals surface area contributed by atoms with Crippen LogP contribution < -0.4 is 5.32 Å². The molecule has 0 radical (unpaired) electrons. The van der Waals surface area contributed by atoms with E-state index in [0.29, 0.717) is 18.7 Å². The van der Waals surface area contributed by atoms with E-state index >= 15 is 0 Å². The highest BCUT2D eigenvalue weighted by Gasteiger charge is 2.21. The van der Waals surface area contributed by atoms with Crippen LogP contribution in [-0.4, -0.2) is 45.2 Å². The summed E-state index contributed by atoms with van der Waals surface area (Å²) in [5.41, 5.74) is 1.70. The van der Waals surface area contributed by atoms with Crippen molar-refractivity contribution in [3.63, 3.8) is 0 Å². The van der Waals surface area contributed by atoms with Gasteiger partial charge in [-0.25, -0.2) is 9.67 Å². The molecule has 0 spiro atoms. The van der Waals surface area contributed by atoms with Gasteiger partial charge < -0.3 is 9.73 Å². The molecule has 0 fully saturated rings. The van der Waals surface area contributed by atoms with E-state index in [-0.39, 0.29) is 11.9 Å². The Morgan fingerprint density at radius 2 is 2.00 bits per heavy atom. The smallest absolute Gasteiger partial charge is 0.251 e. The lowest BCUT2D eigenvalue weighted by atomic mass is 10.1. The molecular weight excluding hydrogens is 342 g/mol. The van der Waals surface area contributed by atoms with Crippen molar-refractivity contribution in [3.05, 3.63) is 72.2 Å². The van der Waals surface area contributed by atoms with Gasteiger partial charge in [-0.3, -0.25) is 9.69 Å². The second-order valence-electron chi connectivity index (χ2n) is 6.25. The van der Waals surface area contributed by atoms with Gasteiger partial charge in [0.15, 0.2) is 0 Å². The zero-order valence-corrected chi connectivity index (χ0v) is 15.7. The molecule has 0 bridgehead atoms. The van der Waals surface area contributed by atoms with Crippen LogP contribution in [0.2, 0.25) is 0 Å². The molecule has 0 saturated carbocycles. The molecule has 1 atom stereocenters. The lowest BCUT2D eigenvalue weighted by Gasteiger charge is -2.28. The van der Waals surface area contributed by atoms with Crippen LogP contribution in [0.4, 0.5) is 0 Å². The average Bonchev–Trinajstić information content (AvgIpc) is 3.39. The highest BCUT2D eigenvalue weighted by atomic mass is 16.3. The molecule has 142 valence electrons. The van der Waals surface area contributed by atoms with E-state index in [9.17, 15) is 4.79 Å². The molecule has 3 rings (SSSR count). The second kappa shape index (κ2) is 9.14. The Kier molecular flexibility index (Phi) is 6.38. The van der Waals surface area contributed by atoms with Crippen LogP contribution in [0.25, 0.3) is 0 Å². The number of aromatic nitrogens is 3. The van der Waals surface area contributed by atoms with Gasteiger partial charge in [0.25, 0.3) is 5.91 Å². The summed E-state index contributed by atoms with van der Waals surface area (Å²) in [4.78, 5) is 18.8. The summed E-state index contributed by atoms with van der Waals surface area (Å²) in [5.74, 6) is 0.771. The molecule has 0 aliphatic heterocycles. The number of benzene rings is 1. The first-order valence-electron chi connectivity index (χ1n) is 9.18. The van der Waals surface area contributed by atoms with Crippen molar-refractivity contribution in [1.29, 1.82) is 0 Å². The van der Waals surface area contributed by atoms with Crippen molar-refractivity contribution in [1.82, 2.24) is 25.0 Å². The number of carbonyl (C=O) groups excluding carboxylic acids is 1. The first-order chi connectivity index (χ1) is 13.2. The summed E-state index contributed by atoms with van der Waals surface area (Å²) in [6, 6.07) is 11.4. The summed E-state index contributed by atoms with van der Waals surface area (Å²) in [6.45, 7) is 7.10. The van der Waals surface area contributed by atoms with Gasteiger partial charge in [-0.15, -0.1) is 0 Å². The van der Waals surface area contributed by atoms with Crippen LogP contribution in [0.5, 0.6) is 0 Å². The number of hydrogen-bond acceptors (Lipinski definition) is 5. The van der Waals surface area contributed by atoms with Gasteiger partial charge in [-0.05, 0) is 42.9 Å². The van der Waals surface area contributed by atoms with Gasteiger partial charge in [-0.2, -0.15) is 5.10 Å². The number of hydrogen-bond donors (Lipinski definition) is 1. The van der Waals surface area contributed by atoms with Crippen molar-refractivity contribution in [3.8, 4) is 0 Å². The molecule has 1 N–H and O–H groups in total. The Labute approximate surface area is 159 Å². The van der Waals surface area contributed by atoms with Crippen LogP contribution in [0, 0.1) is 0 Å². The quantitative estimate of drug-likeness (QED) is 0.629. The zero-order chi connectivity index (χ0) is 19.1. The first-order valence-corrected chi connectivity index (χ1v) is 9.18. The number of carbonyl (C=O) groups is 1. The molecule has 2 heterocycles. The van der Waals surface area contributed by atoms with Crippen molar-refractivity contribution >= 4 is 5.91 Å². The Balaban J connectivity index is 1.61. The minimum Gasteiger partial charge on any atom is -0.468 e. The fourth-order valence-electron chi connectivity index (χ4n) is 3.11. The summed E-state index contributed by atoms with van der Waals surface area (Å²) in [7, 11) is 0. The van der Waals surface area contributed by atoms with Gasteiger partial charge in [0.2, 0.25) is 0 Å². The summed E-state index contributed by atoms with van der Waals surface area (Å²) in [5, 5.41) is 7.12. The minimum atomic E-state index is -0.0916. The Morgan fingerprint density at radius 3 is 2.59 bits per heavy atom. The Bertz CT molecular complexity index is 809. The number of nitrogens with one attached hydrogen (secondary N) is 1. The Hall–Kier alpha value is -2.93. The van der Waals surface area contributed by atoms with Crippen molar-refractivity contribution < 1.29 is 9.21 Å². The highest BCUT2D eigenvalue weighted by molar-refractivity contribution is 5.94. The van der Waals surface area contributed by atoms with Gasteiger partial charge in [0.1, 0.15) is 18.4 Å².